The number of fused-ring (bicyclic) bond motifs is 3. The highest BCUT2D eigenvalue weighted by atomic mass is 16.5. The first kappa shape index (κ1) is 26.5. The average molecular weight is 544 g/mol. The zero-order valence-electron chi connectivity index (χ0n) is 23.5. The van der Waals surface area contributed by atoms with Gasteiger partial charge in [-0.2, -0.15) is 0 Å². The molecule has 1 atom stereocenters. The van der Waals surface area contributed by atoms with Gasteiger partial charge in [0, 0.05) is 50.9 Å². The summed E-state index contributed by atoms with van der Waals surface area (Å²) in [7, 11) is 3.55. The van der Waals surface area contributed by atoms with Gasteiger partial charge in [-0.15, -0.1) is 0 Å². The van der Waals surface area contributed by atoms with Crippen LogP contribution in [0, 0.1) is 6.92 Å². The maximum Gasteiger partial charge on any atom is 0.274 e. The Balaban J connectivity index is 1.24. The van der Waals surface area contributed by atoms with E-state index < -0.39 is 0 Å². The molecule has 9 nitrogen and oxygen atoms in total. The van der Waals surface area contributed by atoms with E-state index in [-0.39, 0.29) is 17.4 Å². The van der Waals surface area contributed by atoms with Gasteiger partial charge in [0.15, 0.2) is 0 Å². The lowest BCUT2D eigenvalue weighted by Gasteiger charge is -2.29. The van der Waals surface area contributed by atoms with Gasteiger partial charge in [0.2, 0.25) is 0 Å². The molecule has 0 saturated carbocycles. The lowest BCUT2D eigenvalue weighted by Crippen LogP contribution is -2.41. The molecular weight excluding hydrogens is 506 g/mol. The molecule has 4 aromatic rings. The van der Waals surface area contributed by atoms with Crippen LogP contribution in [-0.2, 0) is 11.3 Å². The van der Waals surface area contributed by atoms with Crippen LogP contribution in [0.5, 0.6) is 5.75 Å². The molecule has 2 aromatic carbocycles. The van der Waals surface area contributed by atoms with Crippen LogP contribution >= 0.6 is 0 Å². The smallest absolute Gasteiger partial charge is 0.274 e. The van der Waals surface area contributed by atoms with E-state index in [4.69, 9.17) is 9.47 Å². The van der Waals surface area contributed by atoms with Crippen molar-refractivity contribution in [1.82, 2.24) is 24.2 Å². The number of nitrogens with zero attached hydrogens (tertiary/aromatic N) is 4. The van der Waals surface area contributed by atoms with Crippen molar-refractivity contribution in [3.05, 3.63) is 75.5 Å². The molecule has 40 heavy (non-hydrogen) atoms. The Morgan fingerprint density at radius 3 is 2.67 bits per heavy atom. The molecule has 1 amide bonds. The maximum atomic E-state index is 13.7. The fourth-order valence-corrected chi connectivity index (χ4v) is 6.30. The van der Waals surface area contributed by atoms with Gasteiger partial charge in [-0.25, -0.2) is 4.98 Å². The minimum absolute atomic E-state index is 0.0353. The number of H-pyrrole nitrogens is 1. The van der Waals surface area contributed by atoms with E-state index in [1.165, 1.54) is 5.56 Å². The Kier molecular flexibility index (Phi) is 7.33. The Morgan fingerprint density at radius 2 is 1.93 bits per heavy atom. The number of likely N-dealkylation sites (tertiary alicyclic amines) is 1. The van der Waals surface area contributed by atoms with Crippen molar-refractivity contribution >= 4 is 22.5 Å². The number of aromatic amines is 1. The standard InChI is InChI=1S/C31H37N5O4/c1-20-15-27-26(33-30(37)28-17-32-29(36(27)28)22-10-13-40-14-11-22)16-25(20)31(38)34(2)19-23-5-4-12-35(23)18-21-6-8-24(39-3)9-7-21/h6-9,15-17,22-23H,4-5,10-14,18-19H2,1-3H3,(H,33,37)/t23-/m1/s1. The fraction of sp³-hybridized carbons (Fsp3) is 0.452. The number of carbonyl (C=O) groups is 1. The number of likely N-dealkylation sites (N-methyl/N-ethyl adjacent to an activating group) is 1. The lowest BCUT2D eigenvalue weighted by molar-refractivity contribution is 0.0749. The van der Waals surface area contributed by atoms with Gasteiger partial charge in [0.1, 0.15) is 17.1 Å². The zero-order chi connectivity index (χ0) is 27.8. The van der Waals surface area contributed by atoms with Crippen molar-refractivity contribution in [2.45, 2.75) is 51.1 Å². The second-order valence-electron chi connectivity index (χ2n) is 11.2. The number of ether oxygens (including phenoxy) is 2. The number of hydrogen-bond donors (Lipinski definition) is 1. The van der Waals surface area contributed by atoms with Gasteiger partial charge >= 0.3 is 0 Å². The molecule has 2 aliphatic rings. The average Bonchev–Trinajstić information content (AvgIpc) is 3.61. The predicted molar refractivity (Wildman–Crippen MR) is 154 cm³/mol. The third-order valence-electron chi connectivity index (χ3n) is 8.55. The number of nitrogens with one attached hydrogen (secondary N) is 1. The first-order valence-corrected chi connectivity index (χ1v) is 14.2. The SMILES string of the molecule is COc1ccc(CN2CCC[C@@H]2CN(C)C(=O)c2cc3[nH]c(=O)c4cnc(C5CCOCC5)n4c3cc2C)cc1. The Hall–Kier alpha value is -3.69. The molecule has 6 rings (SSSR count). The number of imidazole rings is 1. The van der Waals surface area contributed by atoms with Crippen LogP contribution in [0.4, 0.5) is 0 Å². The molecule has 2 fully saturated rings. The number of benzene rings is 2. The summed E-state index contributed by atoms with van der Waals surface area (Å²) in [5.41, 5.74) is 4.57. The molecule has 0 radical (unpaired) electrons. The van der Waals surface area contributed by atoms with Crippen LogP contribution in [0.15, 0.2) is 47.4 Å². The Bertz CT molecular complexity index is 1590. The topological polar surface area (TPSA) is 92.2 Å². The van der Waals surface area contributed by atoms with Crippen LogP contribution in [0.25, 0.3) is 16.6 Å². The molecule has 210 valence electrons. The Morgan fingerprint density at radius 1 is 1.15 bits per heavy atom. The molecule has 9 heteroatoms. The summed E-state index contributed by atoms with van der Waals surface area (Å²) < 4.78 is 12.8. The van der Waals surface area contributed by atoms with Crippen molar-refractivity contribution in [2.24, 2.45) is 0 Å². The van der Waals surface area contributed by atoms with Crippen molar-refractivity contribution in [2.75, 3.05) is 40.5 Å². The highest BCUT2D eigenvalue weighted by Gasteiger charge is 2.28. The summed E-state index contributed by atoms with van der Waals surface area (Å²) in [5.74, 6) is 1.95. The first-order chi connectivity index (χ1) is 19.4. The van der Waals surface area contributed by atoms with Crippen molar-refractivity contribution in [3.8, 4) is 5.75 Å². The van der Waals surface area contributed by atoms with E-state index in [9.17, 15) is 9.59 Å². The molecule has 0 bridgehead atoms. The number of aromatic nitrogens is 3. The van der Waals surface area contributed by atoms with Crippen LogP contribution in [0.3, 0.4) is 0 Å². The quantitative estimate of drug-likeness (QED) is 0.377. The van der Waals surface area contributed by atoms with E-state index in [2.05, 4.69) is 27.0 Å². The largest absolute Gasteiger partial charge is 0.497 e. The van der Waals surface area contributed by atoms with Gasteiger partial charge < -0.3 is 19.4 Å². The number of methoxy groups -OCH3 is 1. The molecule has 0 unspecified atom stereocenters. The van der Waals surface area contributed by atoms with E-state index in [0.717, 1.165) is 61.4 Å². The predicted octanol–water partition coefficient (Wildman–Crippen LogP) is 4.12. The number of amides is 1. The van der Waals surface area contributed by atoms with Gasteiger partial charge in [0.05, 0.1) is 24.3 Å². The normalized spacial score (nSPS) is 18.5. The first-order valence-electron chi connectivity index (χ1n) is 14.2. The molecule has 2 aliphatic heterocycles. The highest BCUT2D eigenvalue weighted by Crippen LogP contribution is 2.29. The molecule has 2 saturated heterocycles. The van der Waals surface area contributed by atoms with Crippen LogP contribution in [0.2, 0.25) is 0 Å². The molecule has 0 aliphatic carbocycles. The monoisotopic (exact) mass is 543 g/mol. The number of rotatable bonds is 7. The lowest BCUT2D eigenvalue weighted by atomic mass is 9.99. The second kappa shape index (κ2) is 11.1. The molecule has 2 aromatic heterocycles. The van der Waals surface area contributed by atoms with Crippen molar-refractivity contribution in [1.29, 1.82) is 0 Å². The molecule has 0 spiro atoms. The third-order valence-corrected chi connectivity index (χ3v) is 8.55. The van der Waals surface area contributed by atoms with E-state index in [1.807, 2.05) is 47.5 Å². The minimum atomic E-state index is -0.200. The summed E-state index contributed by atoms with van der Waals surface area (Å²) in [4.78, 5) is 38.6. The van der Waals surface area contributed by atoms with Gasteiger partial charge in [-0.1, -0.05) is 12.1 Å². The minimum Gasteiger partial charge on any atom is -0.497 e. The third kappa shape index (κ3) is 4.99. The van der Waals surface area contributed by atoms with Crippen LogP contribution in [-0.4, -0.2) is 76.6 Å². The van der Waals surface area contributed by atoms with Gasteiger partial charge in [-0.05, 0) is 74.5 Å². The molecule has 1 N–H and O–H groups in total. The summed E-state index contributed by atoms with van der Waals surface area (Å²) in [6.45, 7) is 5.88. The number of hydrogen-bond acceptors (Lipinski definition) is 6. The molecular formula is C31H37N5O4. The van der Waals surface area contributed by atoms with Gasteiger partial charge in [-0.3, -0.25) is 18.9 Å². The van der Waals surface area contributed by atoms with Gasteiger partial charge in [0.25, 0.3) is 11.5 Å². The van der Waals surface area contributed by atoms with Crippen LogP contribution < -0.4 is 10.3 Å². The van der Waals surface area contributed by atoms with E-state index in [1.54, 1.807) is 13.3 Å². The fourth-order valence-electron chi connectivity index (χ4n) is 6.30. The summed E-state index contributed by atoms with van der Waals surface area (Å²) in [6.07, 6.45) is 5.60. The van der Waals surface area contributed by atoms with Crippen molar-refractivity contribution < 1.29 is 14.3 Å². The van der Waals surface area contributed by atoms with Crippen LogP contribution in [0.1, 0.15) is 58.9 Å². The highest BCUT2D eigenvalue weighted by molar-refractivity contribution is 5.99. The number of aryl methyl sites for hydroxylation is 1. The van der Waals surface area contributed by atoms with E-state index >= 15 is 0 Å². The molecule has 4 heterocycles. The Labute approximate surface area is 233 Å². The zero-order valence-corrected chi connectivity index (χ0v) is 23.5. The summed E-state index contributed by atoms with van der Waals surface area (Å²) in [5, 5.41) is 0. The summed E-state index contributed by atoms with van der Waals surface area (Å²) in [6, 6.07) is 12.3. The number of carbonyl (C=O) groups excluding carboxylic acids is 1. The summed E-state index contributed by atoms with van der Waals surface area (Å²) >= 11 is 0. The van der Waals surface area contributed by atoms with E-state index in [0.29, 0.717) is 42.4 Å². The van der Waals surface area contributed by atoms with Crippen molar-refractivity contribution in [3.63, 3.8) is 0 Å². The maximum absolute atomic E-state index is 13.7. The second-order valence-corrected chi connectivity index (χ2v) is 11.2.